The maximum absolute atomic E-state index is 11.7. The van der Waals surface area contributed by atoms with Gasteiger partial charge in [-0.15, -0.1) is 0 Å². The lowest BCUT2D eigenvalue weighted by Gasteiger charge is -2.34. The van der Waals surface area contributed by atoms with E-state index in [-0.39, 0.29) is 5.91 Å². The average molecular weight is 262 g/mol. The Hall–Kier alpha value is -1.62. The summed E-state index contributed by atoms with van der Waals surface area (Å²) < 4.78 is 0. The summed E-state index contributed by atoms with van der Waals surface area (Å²) in [6.07, 6.45) is 0. The van der Waals surface area contributed by atoms with Crippen LogP contribution in [-0.4, -0.2) is 56.1 Å². The topological polar surface area (TPSA) is 48.5 Å². The van der Waals surface area contributed by atoms with Gasteiger partial charge in [0.1, 0.15) is 5.69 Å². The molecule has 0 aliphatic carbocycles. The molecule has 2 heterocycles. The Kier molecular flexibility index (Phi) is 4.04. The Morgan fingerprint density at radius 1 is 1.26 bits per heavy atom. The molecular formula is C14H22N4O. The minimum atomic E-state index is -0.120. The number of aryl methyl sites for hydroxylation is 2. The Morgan fingerprint density at radius 3 is 2.47 bits per heavy atom. The van der Waals surface area contributed by atoms with Crippen molar-refractivity contribution < 1.29 is 4.79 Å². The highest BCUT2D eigenvalue weighted by Gasteiger charge is 2.19. The minimum Gasteiger partial charge on any atom is -0.367 e. The van der Waals surface area contributed by atoms with Gasteiger partial charge in [0.05, 0.1) is 11.4 Å². The van der Waals surface area contributed by atoms with Gasteiger partial charge in [-0.2, -0.15) is 0 Å². The van der Waals surface area contributed by atoms with Crippen molar-refractivity contribution in [1.29, 1.82) is 0 Å². The highest BCUT2D eigenvalue weighted by molar-refractivity contribution is 5.93. The fourth-order valence-electron chi connectivity index (χ4n) is 2.41. The molecular weight excluding hydrogens is 240 g/mol. The first-order chi connectivity index (χ1) is 9.02. The smallest absolute Gasteiger partial charge is 0.269 e. The van der Waals surface area contributed by atoms with Crippen molar-refractivity contribution >= 4 is 11.6 Å². The summed E-state index contributed by atoms with van der Waals surface area (Å²) in [5, 5.41) is 2.63. The number of piperazine rings is 1. The Labute approximate surface area is 114 Å². The van der Waals surface area contributed by atoms with Crippen molar-refractivity contribution in [3.8, 4) is 0 Å². The number of likely N-dealkylation sites (N-methyl/N-ethyl adjacent to an activating group) is 1. The largest absolute Gasteiger partial charge is 0.367 e. The van der Waals surface area contributed by atoms with Crippen molar-refractivity contribution in [2.45, 2.75) is 13.8 Å². The van der Waals surface area contributed by atoms with Gasteiger partial charge in [-0.3, -0.25) is 4.79 Å². The average Bonchev–Trinajstić information content (AvgIpc) is 2.41. The predicted octanol–water partition coefficient (Wildman–Crippen LogP) is 0.810. The lowest BCUT2D eigenvalue weighted by molar-refractivity contribution is 0.0957. The van der Waals surface area contributed by atoms with Gasteiger partial charge >= 0.3 is 0 Å². The molecule has 1 aliphatic heterocycles. The van der Waals surface area contributed by atoms with E-state index in [0.29, 0.717) is 5.69 Å². The number of anilines is 1. The number of hydrogen-bond donors (Lipinski definition) is 1. The Bertz CT molecular complexity index is 479. The lowest BCUT2D eigenvalue weighted by atomic mass is 10.1. The molecule has 1 aromatic rings. The molecule has 0 atom stereocenters. The van der Waals surface area contributed by atoms with Crippen LogP contribution >= 0.6 is 0 Å². The van der Waals surface area contributed by atoms with E-state index in [2.05, 4.69) is 33.2 Å². The van der Waals surface area contributed by atoms with Crippen LogP contribution in [0.25, 0.3) is 0 Å². The molecule has 0 unspecified atom stereocenters. The molecule has 104 valence electrons. The molecule has 1 fully saturated rings. The molecule has 1 N–H and O–H groups in total. The van der Waals surface area contributed by atoms with Crippen LogP contribution in [0.3, 0.4) is 0 Å². The van der Waals surface area contributed by atoms with Crippen molar-refractivity contribution in [2.24, 2.45) is 0 Å². The molecule has 0 spiro atoms. The summed E-state index contributed by atoms with van der Waals surface area (Å²) in [6.45, 7) is 8.07. The normalized spacial score (nSPS) is 16.5. The number of aromatic nitrogens is 1. The number of rotatable bonds is 2. The van der Waals surface area contributed by atoms with Crippen LogP contribution < -0.4 is 10.2 Å². The van der Waals surface area contributed by atoms with Gasteiger partial charge in [-0.1, -0.05) is 0 Å². The highest BCUT2D eigenvalue weighted by atomic mass is 16.1. The summed E-state index contributed by atoms with van der Waals surface area (Å²) >= 11 is 0. The van der Waals surface area contributed by atoms with Crippen LogP contribution in [-0.2, 0) is 0 Å². The van der Waals surface area contributed by atoms with Crippen molar-refractivity contribution in [2.75, 3.05) is 45.2 Å². The summed E-state index contributed by atoms with van der Waals surface area (Å²) in [4.78, 5) is 20.9. The van der Waals surface area contributed by atoms with Crippen LogP contribution in [0.2, 0.25) is 0 Å². The number of carbonyl (C=O) groups is 1. The fourth-order valence-corrected chi connectivity index (χ4v) is 2.41. The molecule has 0 aromatic carbocycles. The zero-order chi connectivity index (χ0) is 14.0. The van der Waals surface area contributed by atoms with E-state index in [4.69, 9.17) is 0 Å². The molecule has 0 saturated carbocycles. The molecule has 0 radical (unpaired) electrons. The molecule has 19 heavy (non-hydrogen) atoms. The van der Waals surface area contributed by atoms with E-state index in [0.717, 1.165) is 43.1 Å². The maximum atomic E-state index is 11.7. The van der Waals surface area contributed by atoms with Crippen LogP contribution in [0.1, 0.15) is 21.7 Å². The molecule has 1 saturated heterocycles. The molecule has 1 amide bonds. The van der Waals surface area contributed by atoms with E-state index >= 15 is 0 Å². The van der Waals surface area contributed by atoms with Gasteiger partial charge in [-0.05, 0) is 32.5 Å². The molecule has 5 nitrogen and oxygen atoms in total. The standard InChI is InChI=1S/C14H22N4O/c1-10-9-12(18-7-5-17(4)6-8-18)11(2)16-13(10)14(19)15-3/h9H,5-8H2,1-4H3,(H,15,19). The third-order valence-corrected chi connectivity index (χ3v) is 3.66. The Balaban J connectivity index is 2.28. The van der Waals surface area contributed by atoms with Crippen molar-refractivity contribution in [3.63, 3.8) is 0 Å². The van der Waals surface area contributed by atoms with E-state index < -0.39 is 0 Å². The number of hydrogen-bond acceptors (Lipinski definition) is 4. The first-order valence-electron chi connectivity index (χ1n) is 6.66. The highest BCUT2D eigenvalue weighted by Crippen LogP contribution is 2.22. The number of nitrogens with zero attached hydrogens (tertiary/aromatic N) is 3. The third-order valence-electron chi connectivity index (χ3n) is 3.66. The molecule has 0 bridgehead atoms. The second kappa shape index (κ2) is 5.57. The quantitative estimate of drug-likeness (QED) is 0.857. The fraction of sp³-hybridized carbons (Fsp3) is 0.571. The molecule has 1 aliphatic rings. The second-order valence-corrected chi connectivity index (χ2v) is 5.13. The first-order valence-corrected chi connectivity index (χ1v) is 6.66. The van der Waals surface area contributed by atoms with Gasteiger partial charge in [0.2, 0.25) is 0 Å². The third kappa shape index (κ3) is 2.87. The minimum absolute atomic E-state index is 0.120. The van der Waals surface area contributed by atoms with Gasteiger partial charge in [-0.25, -0.2) is 4.98 Å². The van der Waals surface area contributed by atoms with Crippen LogP contribution in [0.4, 0.5) is 5.69 Å². The lowest BCUT2D eigenvalue weighted by Crippen LogP contribution is -2.44. The van der Waals surface area contributed by atoms with E-state index in [9.17, 15) is 4.79 Å². The predicted molar refractivity (Wildman–Crippen MR) is 76.8 cm³/mol. The first kappa shape index (κ1) is 13.8. The van der Waals surface area contributed by atoms with E-state index in [1.807, 2.05) is 13.8 Å². The SMILES string of the molecule is CNC(=O)c1nc(C)c(N2CCN(C)CC2)cc1C. The molecule has 2 rings (SSSR count). The monoisotopic (exact) mass is 262 g/mol. The van der Waals surface area contributed by atoms with E-state index in [1.54, 1.807) is 7.05 Å². The van der Waals surface area contributed by atoms with Crippen LogP contribution in [0, 0.1) is 13.8 Å². The summed E-state index contributed by atoms with van der Waals surface area (Å²) in [5.41, 5.74) is 3.53. The second-order valence-electron chi connectivity index (χ2n) is 5.13. The van der Waals surface area contributed by atoms with Crippen molar-refractivity contribution in [1.82, 2.24) is 15.2 Å². The molecule has 5 heteroatoms. The number of carbonyl (C=O) groups excluding carboxylic acids is 1. The van der Waals surface area contributed by atoms with Gasteiger partial charge in [0.15, 0.2) is 0 Å². The zero-order valence-electron chi connectivity index (χ0n) is 12.2. The summed E-state index contributed by atoms with van der Waals surface area (Å²) in [5.74, 6) is -0.120. The van der Waals surface area contributed by atoms with Crippen LogP contribution in [0.15, 0.2) is 6.07 Å². The van der Waals surface area contributed by atoms with Gasteiger partial charge in [0, 0.05) is 33.2 Å². The molecule has 1 aromatic heterocycles. The Morgan fingerprint density at radius 2 is 1.89 bits per heavy atom. The number of nitrogens with one attached hydrogen (secondary N) is 1. The van der Waals surface area contributed by atoms with Gasteiger partial charge in [0.25, 0.3) is 5.91 Å². The summed E-state index contributed by atoms with van der Waals surface area (Å²) in [6, 6.07) is 2.08. The van der Waals surface area contributed by atoms with E-state index in [1.165, 1.54) is 0 Å². The zero-order valence-corrected chi connectivity index (χ0v) is 12.2. The maximum Gasteiger partial charge on any atom is 0.269 e. The number of amides is 1. The summed E-state index contributed by atoms with van der Waals surface area (Å²) in [7, 11) is 3.77. The van der Waals surface area contributed by atoms with Gasteiger partial charge < -0.3 is 15.1 Å². The van der Waals surface area contributed by atoms with Crippen LogP contribution in [0.5, 0.6) is 0 Å². The number of pyridine rings is 1. The van der Waals surface area contributed by atoms with Crippen molar-refractivity contribution in [3.05, 3.63) is 23.0 Å².